The highest BCUT2D eigenvalue weighted by molar-refractivity contribution is 5.61. The van der Waals surface area contributed by atoms with Crippen LogP contribution in [0.3, 0.4) is 0 Å². The van der Waals surface area contributed by atoms with Crippen LogP contribution in [0.2, 0.25) is 0 Å². The van der Waals surface area contributed by atoms with Crippen molar-refractivity contribution in [2.75, 3.05) is 6.54 Å². The highest BCUT2D eigenvalue weighted by atomic mass is 14.5. The molecule has 0 amide bonds. The number of allylic oxidation sites excluding steroid dienone is 1. The van der Waals surface area contributed by atoms with Gasteiger partial charge < -0.3 is 5.73 Å². The highest BCUT2D eigenvalue weighted by Gasteiger charge is 2.09. The fourth-order valence-electron chi connectivity index (χ4n) is 2.23. The van der Waals surface area contributed by atoms with Gasteiger partial charge in [0.25, 0.3) is 0 Å². The lowest BCUT2D eigenvalue weighted by atomic mass is 9.89. The molecule has 1 heteroatoms. The third-order valence-corrected chi connectivity index (χ3v) is 3.27. The summed E-state index contributed by atoms with van der Waals surface area (Å²) in [6, 6.07) is 8.87. The van der Waals surface area contributed by atoms with Gasteiger partial charge in [-0.15, -0.1) is 0 Å². The molecule has 0 saturated heterocycles. The molecule has 0 aliphatic carbocycles. The van der Waals surface area contributed by atoms with E-state index in [2.05, 4.69) is 37.8 Å². The molecule has 17 heavy (non-hydrogen) atoms. The molecule has 0 bridgehead atoms. The fraction of sp³-hybridized carbons (Fsp3) is 0.500. The van der Waals surface area contributed by atoms with Crippen LogP contribution in [0.15, 0.2) is 30.8 Å². The summed E-state index contributed by atoms with van der Waals surface area (Å²) >= 11 is 0. The summed E-state index contributed by atoms with van der Waals surface area (Å²) in [6.07, 6.45) is 4.81. The summed E-state index contributed by atoms with van der Waals surface area (Å²) in [4.78, 5) is 0. The third-order valence-electron chi connectivity index (χ3n) is 3.27. The lowest BCUT2D eigenvalue weighted by molar-refractivity contribution is 0.550. The molecular formula is C16H25N. The van der Waals surface area contributed by atoms with Crippen molar-refractivity contribution in [2.24, 2.45) is 5.73 Å². The standard InChI is InChI=1S/C16H25N/c1-4-6-15(7-5-12-17)16-10-8-14(9-11-16)13(2)3/h8-11,15H,2,4-7,12,17H2,1,3H3. The Morgan fingerprint density at radius 2 is 1.88 bits per heavy atom. The fourth-order valence-corrected chi connectivity index (χ4v) is 2.23. The van der Waals surface area contributed by atoms with Crippen molar-refractivity contribution >= 4 is 5.57 Å². The average molecular weight is 231 g/mol. The largest absolute Gasteiger partial charge is 0.330 e. The third kappa shape index (κ3) is 4.35. The number of benzene rings is 1. The smallest absolute Gasteiger partial charge is 0.00771 e. The Bertz CT molecular complexity index is 337. The molecular weight excluding hydrogens is 206 g/mol. The van der Waals surface area contributed by atoms with Gasteiger partial charge in [0, 0.05) is 0 Å². The van der Waals surface area contributed by atoms with Crippen molar-refractivity contribution in [3.8, 4) is 0 Å². The Kier molecular flexibility index (Phi) is 5.99. The molecule has 0 radical (unpaired) electrons. The van der Waals surface area contributed by atoms with Crippen molar-refractivity contribution in [1.29, 1.82) is 0 Å². The molecule has 0 spiro atoms. The normalized spacial score (nSPS) is 12.4. The zero-order valence-corrected chi connectivity index (χ0v) is 11.2. The van der Waals surface area contributed by atoms with Gasteiger partial charge in [-0.25, -0.2) is 0 Å². The lowest BCUT2D eigenvalue weighted by Gasteiger charge is -2.16. The van der Waals surface area contributed by atoms with Gasteiger partial charge in [0.2, 0.25) is 0 Å². The molecule has 1 aromatic rings. The predicted molar refractivity (Wildman–Crippen MR) is 77.1 cm³/mol. The summed E-state index contributed by atoms with van der Waals surface area (Å²) in [7, 11) is 0. The summed E-state index contributed by atoms with van der Waals surface area (Å²) in [6.45, 7) is 9.06. The van der Waals surface area contributed by atoms with E-state index in [1.165, 1.54) is 30.4 Å². The Morgan fingerprint density at radius 1 is 1.24 bits per heavy atom. The van der Waals surface area contributed by atoms with Crippen molar-refractivity contribution < 1.29 is 0 Å². The Labute approximate surface area is 106 Å². The monoisotopic (exact) mass is 231 g/mol. The van der Waals surface area contributed by atoms with E-state index >= 15 is 0 Å². The molecule has 0 heterocycles. The van der Waals surface area contributed by atoms with Crippen LogP contribution >= 0.6 is 0 Å². The number of hydrogen-bond acceptors (Lipinski definition) is 1. The summed E-state index contributed by atoms with van der Waals surface area (Å²) in [5.41, 5.74) is 9.42. The predicted octanol–water partition coefficient (Wildman–Crippen LogP) is 4.34. The molecule has 0 saturated carbocycles. The molecule has 0 aromatic heterocycles. The van der Waals surface area contributed by atoms with Crippen LogP contribution in [0.4, 0.5) is 0 Å². The number of hydrogen-bond donors (Lipinski definition) is 1. The Hall–Kier alpha value is -1.08. The Balaban J connectivity index is 2.75. The molecule has 0 aliphatic rings. The Morgan fingerprint density at radius 3 is 2.35 bits per heavy atom. The zero-order chi connectivity index (χ0) is 12.7. The second kappa shape index (κ2) is 7.29. The van der Waals surface area contributed by atoms with Gasteiger partial charge in [-0.3, -0.25) is 0 Å². The zero-order valence-electron chi connectivity index (χ0n) is 11.2. The van der Waals surface area contributed by atoms with Crippen molar-refractivity contribution in [2.45, 2.75) is 45.4 Å². The van der Waals surface area contributed by atoms with Crippen molar-refractivity contribution in [3.63, 3.8) is 0 Å². The van der Waals surface area contributed by atoms with Crippen LogP contribution in [-0.4, -0.2) is 6.54 Å². The van der Waals surface area contributed by atoms with Gasteiger partial charge in [-0.1, -0.05) is 49.8 Å². The minimum absolute atomic E-state index is 0.669. The van der Waals surface area contributed by atoms with E-state index in [4.69, 9.17) is 5.73 Å². The van der Waals surface area contributed by atoms with E-state index in [0.717, 1.165) is 18.5 Å². The van der Waals surface area contributed by atoms with E-state index in [1.807, 2.05) is 6.92 Å². The van der Waals surface area contributed by atoms with Gasteiger partial charge in [0.05, 0.1) is 0 Å². The van der Waals surface area contributed by atoms with Crippen LogP contribution < -0.4 is 5.73 Å². The van der Waals surface area contributed by atoms with E-state index < -0.39 is 0 Å². The van der Waals surface area contributed by atoms with Gasteiger partial charge in [0.15, 0.2) is 0 Å². The van der Waals surface area contributed by atoms with E-state index in [0.29, 0.717) is 5.92 Å². The maximum absolute atomic E-state index is 5.60. The van der Waals surface area contributed by atoms with Crippen LogP contribution in [0, 0.1) is 0 Å². The summed E-state index contributed by atoms with van der Waals surface area (Å²) in [5, 5.41) is 0. The molecule has 1 atom stereocenters. The molecule has 0 aliphatic heterocycles. The van der Waals surface area contributed by atoms with Crippen LogP contribution in [0.1, 0.15) is 56.6 Å². The second-order valence-corrected chi connectivity index (χ2v) is 4.82. The molecule has 1 rings (SSSR count). The van der Waals surface area contributed by atoms with E-state index in [9.17, 15) is 0 Å². The topological polar surface area (TPSA) is 26.0 Å². The maximum atomic E-state index is 5.60. The van der Waals surface area contributed by atoms with Gasteiger partial charge in [-0.05, 0) is 49.8 Å². The molecule has 1 nitrogen and oxygen atoms in total. The van der Waals surface area contributed by atoms with E-state index in [1.54, 1.807) is 0 Å². The number of nitrogens with two attached hydrogens (primary N) is 1. The van der Waals surface area contributed by atoms with Crippen LogP contribution in [0.5, 0.6) is 0 Å². The SMILES string of the molecule is C=C(C)c1ccc(C(CCC)CCCN)cc1. The van der Waals surface area contributed by atoms with Gasteiger partial charge in [-0.2, -0.15) is 0 Å². The number of rotatable bonds is 7. The second-order valence-electron chi connectivity index (χ2n) is 4.82. The minimum Gasteiger partial charge on any atom is -0.330 e. The average Bonchev–Trinajstić information content (AvgIpc) is 2.34. The quantitative estimate of drug-likeness (QED) is 0.742. The molecule has 2 N–H and O–H groups in total. The molecule has 0 fully saturated rings. The maximum Gasteiger partial charge on any atom is -0.00771 e. The van der Waals surface area contributed by atoms with Gasteiger partial charge in [0.1, 0.15) is 0 Å². The first-order valence-electron chi connectivity index (χ1n) is 6.65. The lowest BCUT2D eigenvalue weighted by Crippen LogP contribution is -2.04. The first kappa shape index (κ1) is 14.0. The minimum atomic E-state index is 0.669. The molecule has 1 unspecified atom stereocenters. The first-order valence-corrected chi connectivity index (χ1v) is 6.65. The van der Waals surface area contributed by atoms with Gasteiger partial charge >= 0.3 is 0 Å². The molecule has 1 aromatic carbocycles. The summed E-state index contributed by atoms with van der Waals surface area (Å²) in [5.74, 6) is 0.669. The van der Waals surface area contributed by atoms with E-state index in [-0.39, 0.29) is 0 Å². The molecule has 94 valence electrons. The first-order chi connectivity index (χ1) is 8.19. The highest BCUT2D eigenvalue weighted by Crippen LogP contribution is 2.27. The summed E-state index contributed by atoms with van der Waals surface area (Å²) < 4.78 is 0. The van der Waals surface area contributed by atoms with Crippen molar-refractivity contribution in [1.82, 2.24) is 0 Å². The van der Waals surface area contributed by atoms with Crippen LogP contribution in [-0.2, 0) is 0 Å². The van der Waals surface area contributed by atoms with Crippen molar-refractivity contribution in [3.05, 3.63) is 42.0 Å². The van der Waals surface area contributed by atoms with Crippen LogP contribution in [0.25, 0.3) is 5.57 Å².